The van der Waals surface area contributed by atoms with Crippen LogP contribution >= 0.6 is 11.6 Å². The molecule has 0 spiro atoms. The summed E-state index contributed by atoms with van der Waals surface area (Å²) >= 11 is 6.51. The summed E-state index contributed by atoms with van der Waals surface area (Å²) < 4.78 is 2.92. The van der Waals surface area contributed by atoms with Gasteiger partial charge in [0.25, 0.3) is 5.56 Å². The van der Waals surface area contributed by atoms with Gasteiger partial charge in [0, 0.05) is 0 Å². The van der Waals surface area contributed by atoms with Crippen LogP contribution in [-0.2, 0) is 0 Å². The molecule has 0 N–H and O–H groups in total. The maximum atomic E-state index is 12.7. The predicted molar refractivity (Wildman–Crippen MR) is 107 cm³/mol. The van der Waals surface area contributed by atoms with E-state index in [0.29, 0.717) is 33.1 Å². The van der Waals surface area contributed by atoms with Gasteiger partial charge in [0.05, 0.1) is 34.1 Å². The van der Waals surface area contributed by atoms with Gasteiger partial charge >= 0.3 is 0 Å². The number of hydrogen-bond donors (Lipinski definition) is 0. The lowest BCUT2D eigenvalue weighted by Gasteiger charge is -2.05. The molecule has 27 heavy (non-hydrogen) atoms. The van der Waals surface area contributed by atoms with Gasteiger partial charge in [-0.25, -0.2) is 9.67 Å². The zero-order valence-electron chi connectivity index (χ0n) is 14.8. The smallest absolute Gasteiger partial charge is 0.267 e. The molecule has 7 heteroatoms. The minimum atomic E-state index is -0.224. The van der Waals surface area contributed by atoms with Crippen LogP contribution in [0.15, 0.2) is 64.5 Å². The quantitative estimate of drug-likeness (QED) is 0.511. The average molecular weight is 378 g/mol. The molecular weight excluding hydrogens is 362 g/mol. The van der Waals surface area contributed by atoms with E-state index in [4.69, 9.17) is 11.6 Å². The summed E-state index contributed by atoms with van der Waals surface area (Å²) in [6.07, 6.45) is 1.55. The molecule has 0 radical (unpaired) electrons. The van der Waals surface area contributed by atoms with Gasteiger partial charge in [-0.3, -0.25) is 4.79 Å². The number of rotatable bonds is 3. The second-order valence-electron chi connectivity index (χ2n) is 6.07. The first kappa shape index (κ1) is 17.2. The molecular formula is C20H16ClN5O. The molecule has 0 aliphatic heterocycles. The topological polar surface area (TPSA) is 65.1 Å². The lowest BCUT2D eigenvalue weighted by Crippen LogP contribution is -2.20. The highest BCUT2D eigenvalue weighted by Crippen LogP contribution is 2.22. The van der Waals surface area contributed by atoms with Crippen molar-refractivity contribution in [1.82, 2.24) is 19.4 Å². The van der Waals surface area contributed by atoms with Gasteiger partial charge in [-0.1, -0.05) is 41.9 Å². The van der Waals surface area contributed by atoms with Gasteiger partial charge in [0.2, 0.25) is 0 Å². The Kier molecular flexibility index (Phi) is 4.33. The van der Waals surface area contributed by atoms with Crippen LogP contribution in [-0.4, -0.2) is 25.7 Å². The Labute approximate surface area is 160 Å². The van der Waals surface area contributed by atoms with Gasteiger partial charge in [0.15, 0.2) is 0 Å². The highest BCUT2D eigenvalue weighted by atomic mass is 35.5. The lowest BCUT2D eigenvalue weighted by molar-refractivity contribution is 0.771. The fourth-order valence-corrected chi connectivity index (χ4v) is 3.21. The highest BCUT2D eigenvalue weighted by Gasteiger charge is 2.13. The van der Waals surface area contributed by atoms with Crippen LogP contribution in [0.25, 0.3) is 16.6 Å². The van der Waals surface area contributed by atoms with Crippen molar-refractivity contribution in [3.05, 3.63) is 87.2 Å². The number of nitrogens with zero attached hydrogens (tertiary/aromatic N) is 5. The molecule has 0 aliphatic carbocycles. The molecule has 4 aromatic rings. The average Bonchev–Trinajstić information content (AvgIpc) is 2.96. The van der Waals surface area contributed by atoms with Gasteiger partial charge in [-0.15, -0.1) is 0 Å². The van der Waals surface area contributed by atoms with Crippen LogP contribution in [0.2, 0.25) is 5.15 Å². The lowest BCUT2D eigenvalue weighted by atomic mass is 10.2. The van der Waals surface area contributed by atoms with Crippen molar-refractivity contribution >= 4 is 28.7 Å². The summed E-state index contributed by atoms with van der Waals surface area (Å²) in [6.45, 7) is 3.59. The molecule has 2 aromatic carbocycles. The van der Waals surface area contributed by atoms with Crippen LogP contribution in [0.5, 0.6) is 0 Å². The van der Waals surface area contributed by atoms with Crippen LogP contribution in [0.3, 0.4) is 0 Å². The maximum Gasteiger partial charge on any atom is 0.282 e. The summed E-state index contributed by atoms with van der Waals surface area (Å²) in [5.74, 6) is 0.499. The number of fused-ring (bicyclic) bond motifs is 1. The zero-order valence-corrected chi connectivity index (χ0v) is 15.6. The van der Waals surface area contributed by atoms with E-state index in [9.17, 15) is 4.79 Å². The summed E-state index contributed by atoms with van der Waals surface area (Å²) in [6, 6.07) is 16.8. The number of aryl methyl sites for hydroxylation is 2. The van der Waals surface area contributed by atoms with Crippen molar-refractivity contribution in [3.63, 3.8) is 0 Å². The van der Waals surface area contributed by atoms with Crippen molar-refractivity contribution < 1.29 is 0 Å². The third kappa shape index (κ3) is 3.04. The van der Waals surface area contributed by atoms with E-state index in [1.54, 1.807) is 30.0 Å². The molecule has 4 rings (SSSR count). The van der Waals surface area contributed by atoms with E-state index in [1.165, 1.54) is 4.68 Å². The van der Waals surface area contributed by atoms with Crippen molar-refractivity contribution in [2.75, 3.05) is 0 Å². The molecule has 2 aromatic heterocycles. The third-order valence-corrected chi connectivity index (χ3v) is 4.63. The molecule has 2 heterocycles. The minimum absolute atomic E-state index is 0.224. The van der Waals surface area contributed by atoms with E-state index in [1.807, 2.05) is 49.4 Å². The van der Waals surface area contributed by atoms with Crippen molar-refractivity contribution in [2.45, 2.75) is 13.8 Å². The van der Waals surface area contributed by atoms with E-state index >= 15 is 0 Å². The third-order valence-electron chi connectivity index (χ3n) is 4.27. The van der Waals surface area contributed by atoms with Crippen molar-refractivity contribution in [2.24, 2.45) is 5.10 Å². The van der Waals surface area contributed by atoms with E-state index < -0.39 is 0 Å². The molecule has 0 bridgehead atoms. The second-order valence-corrected chi connectivity index (χ2v) is 6.43. The van der Waals surface area contributed by atoms with Gasteiger partial charge in [0.1, 0.15) is 11.0 Å². The first-order valence-electron chi connectivity index (χ1n) is 8.39. The zero-order chi connectivity index (χ0) is 19.0. The Morgan fingerprint density at radius 1 is 1.04 bits per heavy atom. The van der Waals surface area contributed by atoms with Crippen LogP contribution < -0.4 is 5.56 Å². The predicted octanol–water partition coefficient (Wildman–Crippen LogP) is 3.73. The number of hydrogen-bond acceptors (Lipinski definition) is 4. The van der Waals surface area contributed by atoms with Crippen LogP contribution in [0.4, 0.5) is 0 Å². The highest BCUT2D eigenvalue weighted by molar-refractivity contribution is 6.32. The molecule has 0 atom stereocenters. The molecule has 0 saturated carbocycles. The Bertz CT molecular complexity index is 1220. The summed E-state index contributed by atoms with van der Waals surface area (Å²) in [5.41, 5.74) is 2.65. The van der Waals surface area contributed by atoms with Gasteiger partial charge in [-0.2, -0.15) is 14.9 Å². The van der Waals surface area contributed by atoms with E-state index in [-0.39, 0.29) is 5.56 Å². The Morgan fingerprint density at radius 2 is 1.74 bits per heavy atom. The summed E-state index contributed by atoms with van der Waals surface area (Å²) in [7, 11) is 0. The molecule has 0 unspecified atom stereocenters. The monoisotopic (exact) mass is 377 g/mol. The Hall–Kier alpha value is -3.25. The van der Waals surface area contributed by atoms with E-state index in [2.05, 4.69) is 15.2 Å². The Morgan fingerprint density at radius 3 is 2.52 bits per heavy atom. The van der Waals surface area contributed by atoms with Gasteiger partial charge < -0.3 is 0 Å². The molecule has 0 aliphatic rings. The van der Waals surface area contributed by atoms with E-state index in [0.717, 1.165) is 5.69 Å². The molecule has 0 fully saturated rings. The SMILES string of the molecule is Cc1nn(-c2ccccc2)c(Cl)c1/C=N/n1c(C)nc2ccccc2c1=O. The first-order chi connectivity index (χ1) is 13.1. The van der Waals surface area contributed by atoms with Crippen molar-refractivity contribution in [3.8, 4) is 5.69 Å². The standard InChI is InChI=1S/C20H16ClN5O/c1-13-17(19(21)26(24-13)15-8-4-3-5-9-15)12-22-25-14(2)23-18-11-7-6-10-16(18)20(25)27/h3-12H,1-2H3/b22-12+. The molecule has 0 saturated heterocycles. The number of para-hydroxylation sites is 2. The number of halogens is 1. The maximum absolute atomic E-state index is 12.7. The molecule has 0 amide bonds. The first-order valence-corrected chi connectivity index (χ1v) is 8.77. The second kappa shape index (κ2) is 6.81. The van der Waals surface area contributed by atoms with Gasteiger partial charge in [-0.05, 0) is 38.1 Å². The van der Waals surface area contributed by atoms with Crippen LogP contribution in [0, 0.1) is 13.8 Å². The molecule has 6 nitrogen and oxygen atoms in total. The number of aromatic nitrogens is 4. The fraction of sp³-hybridized carbons (Fsp3) is 0.100. The van der Waals surface area contributed by atoms with Crippen molar-refractivity contribution in [1.29, 1.82) is 0 Å². The fourth-order valence-electron chi connectivity index (χ4n) is 2.88. The summed E-state index contributed by atoms with van der Waals surface area (Å²) in [4.78, 5) is 17.2. The number of benzene rings is 2. The largest absolute Gasteiger partial charge is 0.282 e. The minimum Gasteiger partial charge on any atom is -0.267 e. The normalized spacial score (nSPS) is 11.5. The Balaban J connectivity index is 1.80. The molecule has 134 valence electrons. The summed E-state index contributed by atoms with van der Waals surface area (Å²) in [5, 5.41) is 9.76. The van der Waals surface area contributed by atoms with Crippen LogP contribution in [0.1, 0.15) is 17.1 Å².